The number of methoxy groups -OCH3 is 1. The van der Waals surface area contributed by atoms with E-state index in [1.54, 1.807) is 13.2 Å². The van der Waals surface area contributed by atoms with Crippen LogP contribution in [0.25, 0.3) is 5.57 Å². The molecule has 2 nitrogen and oxygen atoms in total. The third kappa shape index (κ3) is 2.09. The molecule has 0 saturated heterocycles. The standard InChI is InChI=1S/C11H11NO/c1-3-9(8-12)10-5-4-6-11(7-10)13-2/h3-7H,1-2H3/b9-3+. The maximum Gasteiger partial charge on any atom is 0.119 e. The van der Waals surface area contributed by atoms with Gasteiger partial charge >= 0.3 is 0 Å². The number of hydrogen-bond acceptors (Lipinski definition) is 2. The van der Waals surface area contributed by atoms with Crippen molar-refractivity contribution in [3.05, 3.63) is 35.9 Å². The van der Waals surface area contributed by atoms with Crippen molar-refractivity contribution < 1.29 is 4.74 Å². The Morgan fingerprint density at radius 2 is 2.31 bits per heavy atom. The van der Waals surface area contributed by atoms with E-state index in [4.69, 9.17) is 10.00 Å². The molecule has 0 spiro atoms. The molecule has 0 radical (unpaired) electrons. The van der Waals surface area contributed by atoms with Gasteiger partial charge in [0.1, 0.15) is 5.75 Å². The molecule has 0 amide bonds. The number of benzene rings is 1. The van der Waals surface area contributed by atoms with E-state index in [1.807, 2.05) is 31.2 Å². The monoisotopic (exact) mass is 173 g/mol. The van der Waals surface area contributed by atoms with Gasteiger partial charge in [-0.3, -0.25) is 0 Å². The SMILES string of the molecule is C/C=C(\C#N)c1cccc(OC)c1. The molecule has 0 aliphatic carbocycles. The van der Waals surface area contributed by atoms with E-state index in [1.165, 1.54) is 0 Å². The maximum atomic E-state index is 8.78. The first-order valence-corrected chi connectivity index (χ1v) is 4.02. The summed E-state index contributed by atoms with van der Waals surface area (Å²) in [6.45, 7) is 1.85. The van der Waals surface area contributed by atoms with Crippen LogP contribution in [-0.4, -0.2) is 7.11 Å². The highest BCUT2D eigenvalue weighted by Crippen LogP contribution is 2.19. The van der Waals surface area contributed by atoms with Gasteiger partial charge in [-0.1, -0.05) is 18.2 Å². The van der Waals surface area contributed by atoms with Gasteiger partial charge in [0, 0.05) is 0 Å². The number of ether oxygens (including phenoxy) is 1. The predicted molar refractivity (Wildman–Crippen MR) is 52.3 cm³/mol. The fourth-order valence-electron chi connectivity index (χ4n) is 1.09. The van der Waals surface area contributed by atoms with E-state index < -0.39 is 0 Å². The molecule has 0 saturated carbocycles. The Bertz CT molecular complexity index is 361. The molecule has 0 aliphatic rings. The van der Waals surface area contributed by atoms with E-state index in [9.17, 15) is 0 Å². The molecule has 0 aliphatic heterocycles. The van der Waals surface area contributed by atoms with Gasteiger partial charge in [-0.25, -0.2) is 0 Å². The van der Waals surface area contributed by atoms with Crippen molar-refractivity contribution in [1.29, 1.82) is 5.26 Å². The van der Waals surface area contributed by atoms with Gasteiger partial charge in [-0.2, -0.15) is 5.26 Å². The normalized spacial score (nSPS) is 10.7. The molecular weight excluding hydrogens is 162 g/mol. The van der Waals surface area contributed by atoms with Crippen molar-refractivity contribution in [3.8, 4) is 11.8 Å². The van der Waals surface area contributed by atoms with Crippen molar-refractivity contribution in [2.75, 3.05) is 7.11 Å². The maximum absolute atomic E-state index is 8.78. The van der Waals surface area contributed by atoms with Crippen molar-refractivity contribution in [1.82, 2.24) is 0 Å². The fraction of sp³-hybridized carbons (Fsp3) is 0.182. The molecule has 0 bridgehead atoms. The van der Waals surface area contributed by atoms with Gasteiger partial charge in [0.05, 0.1) is 18.8 Å². The first-order chi connectivity index (χ1) is 6.31. The van der Waals surface area contributed by atoms with E-state index in [0.717, 1.165) is 11.3 Å². The zero-order valence-corrected chi connectivity index (χ0v) is 7.74. The van der Waals surface area contributed by atoms with E-state index in [0.29, 0.717) is 5.57 Å². The quantitative estimate of drug-likeness (QED) is 0.644. The lowest BCUT2D eigenvalue weighted by Gasteiger charge is -2.01. The molecule has 0 heterocycles. The van der Waals surface area contributed by atoms with Crippen LogP contribution in [0.2, 0.25) is 0 Å². The van der Waals surface area contributed by atoms with Crippen molar-refractivity contribution in [2.45, 2.75) is 6.92 Å². The van der Waals surface area contributed by atoms with Crippen LogP contribution >= 0.6 is 0 Å². The molecule has 0 unspecified atom stereocenters. The molecular formula is C11H11NO. The van der Waals surface area contributed by atoms with Gasteiger partial charge in [0.2, 0.25) is 0 Å². The van der Waals surface area contributed by atoms with Crippen molar-refractivity contribution >= 4 is 5.57 Å². The average Bonchev–Trinajstić information content (AvgIpc) is 2.20. The minimum absolute atomic E-state index is 0.666. The zero-order chi connectivity index (χ0) is 9.68. The summed E-state index contributed by atoms with van der Waals surface area (Å²) in [7, 11) is 1.61. The van der Waals surface area contributed by atoms with Crippen LogP contribution in [0.5, 0.6) is 5.75 Å². The summed E-state index contributed by atoms with van der Waals surface area (Å²) in [5.74, 6) is 0.770. The van der Waals surface area contributed by atoms with Crippen LogP contribution in [0, 0.1) is 11.3 Å². The Kier molecular flexibility index (Phi) is 3.10. The summed E-state index contributed by atoms with van der Waals surface area (Å²) in [6, 6.07) is 9.59. The van der Waals surface area contributed by atoms with Crippen LogP contribution in [0.3, 0.4) is 0 Å². The Morgan fingerprint density at radius 3 is 2.85 bits per heavy atom. The Balaban J connectivity index is 3.10. The number of hydrogen-bond donors (Lipinski definition) is 0. The number of rotatable bonds is 2. The summed E-state index contributed by atoms with van der Waals surface area (Å²) in [6.07, 6.45) is 1.79. The molecule has 1 aromatic carbocycles. The van der Waals surface area contributed by atoms with Gasteiger partial charge < -0.3 is 4.74 Å². The Morgan fingerprint density at radius 1 is 1.54 bits per heavy atom. The molecule has 1 rings (SSSR count). The van der Waals surface area contributed by atoms with E-state index in [-0.39, 0.29) is 0 Å². The molecule has 0 aromatic heterocycles. The van der Waals surface area contributed by atoms with Crippen molar-refractivity contribution in [2.24, 2.45) is 0 Å². The molecule has 66 valence electrons. The lowest BCUT2D eigenvalue weighted by molar-refractivity contribution is 0.414. The highest BCUT2D eigenvalue weighted by molar-refractivity contribution is 5.76. The third-order valence-corrected chi connectivity index (χ3v) is 1.79. The van der Waals surface area contributed by atoms with Crippen LogP contribution in [0.1, 0.15) is 12.5 Å². The summed E-state index contributed by atoms with van der Waals surface area (Å²) < 4.78 is 5.06. The largest absolute Gasteiger partial charge is 0.497 e. The number of allylic oxidation sites excluding steroid dienone is 2. The summed E-state index contributed by atoms with van der Waals surface area (Å²) in [5.41, 5.74) is 1.56. The molecule has 2 heteroatoms. The van der Waals surface area contributed by atoms with Crippen LogP contribution in [-0.2, 0) is 0 Å². The average molecular weight is 173 g/mol. The van der Waals surface area contributed by atoms with Crippen LogP contribution in [0.15, 0.2) is 30.3 Å². The summed E-state index contributed by atoms with van der Waals surface area (Å²) in [4.78, 5) is 0. The Hall–Kier alpha value is -1.75. The van der Waals surface area contributed by atoms with Gasteiger partial charge in [0.15, 0.2) is 0 Å². The van der Waals surface area contributed by atoms with Crippen molar-refractivity contribution in [3.63, 3.8) is 0 Å². The van der Waals surface area contributed by atoms with E-state index >= 15 is 0 Å². The predicted octanol–water partition coefficient (Wildman–Crippen LogP) is 2.62. The first-order valence-electron chi connectivity index (χ1n) is 4.02. The van der Waals surface area contributed by atoms with Gasteiger partial charge in [0.25, 0.3) is 0 Å². The van der Waals surface area contributed by atoms with Crippen LogP contribution < -0.4 is 4.74 Å². The zero-order valence-electron chi connectivity index (χ0n) is 7.74. The fourth-order valence-corrected chi connectivity index (χ4v) is 1.09. The number of nitriles is 1. The summed E-state index contributed by atoms with van der Waals surface area (Å²) >= 11 is 0. The summed E-state index contributed by atoms with van der Waals surface area (Å²) in [5, 5.41) is 8.78. The molecule has 0 fully saturated rings. The first kappa shape index (κ1) is 9.34. The van der Waals surface area contributed by atoms with Gasteiger partial charge in [-0.05, 0) is 24.6 Å². The molecule has 13 heavy (non-hydrogen) atoms. The topological polar surface area (TPSA) is 33.0 Å². The smallest absolute Gasteiger partial charge is 0.119 e. The molecule has 1 aromatic rings. The van der Waals surface area contributed by atoms with E-state index in [2.05, 4.69) is 6.07 Å². The lowest BCUT2D eigenvalue weighted by atomic mass is 10.1. The van der Waals surface area contributed by atoms with Gasteiger partial charge in [-0.15, -0.1) is 0 Å². The second-order valence-corrected chi connectivity index (χ2v) is 2.55. The highest BCUT2D eigenvalue weighted by atomic mass is 16.5. The minimum atomic E-state index is 0.666. The third-order valence-electron chi connectivity index (χ3n) is 1.79. The molecule has 0 N–H and O–H groups in total. The lowest BCUT2D eigenvalue weighted by Crippen LogP contribution is -1.85. The second-order valence-electron chi connectivity index (χ2n) is 2.55. The minimum Gasteiger partial charge on any atom is -0.497 e. The molecule has 0 atom stereocenters. The Labute approximate surface area is 78.1 Å². The van der Waals surface area contributed by atoms with Crippen LogP contribution in [0.4, 0.5) is 0 Å². The number of nitrogens with zero attached hydrogens (tertiary/aromatic N) is 1. The second kappa shape index (κ2) is 4.32. The highest BCUT2D eigenvalue weighted by Gasteiger charge is 1.99.